The molecule has 0 saturated heterocycles. The van der Waals surface area contributed by atoms with Gasteiger partial charge in [0.1, 0.15) is 12.4 Å². The second-order valence-corrected chi connectivity index (χ2v) is 4.13. The summed E-state index contributed by atoms with van der Waals surface area (Å²) in [5, 5.41) is 8.82. The first-order chi connectivity index (χ1) is 8.69. The first kappa shape index (κ1) is 12.0. The summed E-state index contributed by atoms with van der Waals surface area (Å²) in [5.74, 6) is 0.812. The van der Waals surface area contributed by atoms with Gasteiger partial charge in [-0.3, -0.25) is 0 Å². The second kappa shape index (κ2) is 5.24. The molecule has 0 bridgehead atoms. The monoisotopic (exact) mass is 238 g/mol. The summed E-state index contributed by atoms with van der Waals surface area (Å²) in [5.41, 5.74) is 9.04. The summed E-state index contributed by atoms with van der Waals surface area (Å²) < 4.78 is 5.71. The number of benzene rings is 2. The van der Waals surface area contributed by atoms with Crippen molar-refractivity contribution in [2.75, 3.05) is 5.73 Å². The van der Waals surface area contributed by atoms with Crippen molar-refractivity contribution in [1.82, 2.24) is 0 Å². The Labute approximate surface area is 106 Å². The first-order valence-electron chi connectivity index (χ1n) is 5.67. The van der Waals surface area contributed by atoms with Gasteiger partial charge in [0.25, 0.3) is 0 Å². The van der Waals surface area contributed by atoms with E-state index in [1.54, 1.807) is 6.07 Å². The van der Waals surface area contributed by atoms with Gasteiger partial charge in [-0.1, -0.05) is 12.1 Å². The first-order valence-corrected chi connectivity index (χ1v) is 5.67. The lowest BCUT2D eigenvalue weighted by Crippen LogP contribution is -1.98. The number of anilines is 1. The number of ether oxygens (including phenoxy) is 1. The van der Waals surface area contributed by atoms with Crippen LogP contribution < -0.4 is 10.5 Å². The van der Waals surface area contributed by atoms with Gasteiger partial charge in [-0.15, -0.1) is 0 Å². The zero-order valence-corrected chi connectivity index (χ0v) is 10.2. The molecule has 0 aliphatic carbocycles. The Bertz CT molecular complexity index is 600. The molecule has 3 heteroatoms. The van der Waals surface area contributed by atoms with Gasteiger partial charge in [-0.2, -0.15) is 5.26 Å². The highest BCUT2D eigenvalue weighted by molar-refractivity contribution is 5.47. The van der Waals surface area contributed by atoms with Gasteiger partial charge in [0.2, 0.25) is 0 Å². The zero-order chi connectivity index (χ0) is 13.0. The van der Waals surface area contributed by atoms with E-state index < -0.39 is 0 Å². The average molecular weight is 238 g/mol. The zero-order valence-electron chi connectivity index (χ0n) is 10.2. The lowest BCUT2D eigenvalue weighted by atomic mass is 10.1. The molecule has 0 fully saturated rings. The normalized spacial score (nSPS) is 9.78. The van der Waals surface area contributed by atoms with E-state index in [9.17, 15) is 0 Å². The topological polar surface area (TPSA) is 59.0 Å². The van der Waals surface area contributed by atoms with Crippen LogP contribution in [0.3, 0.4) is 0 Å². The van der Waals surface area contributed by atoms with Crippen LogP contribution in [0.1, 0.15) is 16.7 Å². The standard InChI is InChI=1S/C15H14N2O/c1-11-7-14(17)5-6-15(11)18-10-13-4-2-3-12(8-13)9-16/h2-8H,10,17H2,1H3. The van der Waals surface area contributed by atoms with Crippen molar-refractivity contribution in [3.8, 4) is 11.8 Å². The Hall–Kier alpha value is -2.47. The molecule has 18 heavy (non-hydrogen) atoms. The quantitative estimate of drug-likeness (QED) is 0.836. The molecular weight excluding hydrogens is 224 g/mol. The molecule has 0 aliphatic rings. The minimum Gasteiger partial charge on any atom is -0.489 e. The molecule has 90 valence electrons. The molecule has 0 spiro atoms. The minimum absolute atomic E-state index is 0.445. The maximum atomic E-state index is 8.82. The van der Waals surface area contributed by atoms with Crippen LogP contribution in [0.15, 0.2) is 42.5 Å². The maximum Gasteiger partial charge on any atom is 0.122 e. The van der Waals surface area contributed by atoms with Gasteiger partial charge >= 0.3 is 0 Å². The molecule has 3 nitrogen and oxygen atoms in total. The van der Waals surface area contributed by atoms with Crippen LogP contribution in [0.5, 0.6) is 5.75 Å². The Kier molecular flexibility index (Phi) is 3.49. The molecule has 0 amide bonds. The fraction of sp³-hybridized carbons (Fsp3) is 0.133. The summed E-state index contributed by atoms with van der Waals surface area (Å²) in [6.07, 6.45) is 0. The molecule has 2 rings (SSSR count). The van der Waals surface area contributed by atoms with Crippen LogP contribution in [0, 0.1) is 18.3 Å². The van der Waals surface area contributed by atoms with Crippen LogP contribution >= 0.6 is 0 Å². The third-order valence-electron chi connectivity index (χ3n) is 2.65. The highest BCUT2D eigenvalue weighted by atomic mass is 16.5. The van der Waals surface area contributed by atoms with Crippen molar-refractivity contribution in [1.29, 1.82) is 5.26 Å². The second-order valence-electron chi connectivity index (χ2n) is 4.13. The Morgan fingerprint density at radius 3 is 2.78 bits per heavy atom. The number of hydrogen-bond donors (Lipinski definition) is 1. The third-order valence-corrected chi connectivity index (χ3v) is 2.65. The summed E-state index contributed by atoms with van der Waals surface area (Å²) >= 11 is 0. The summed E-state index contributed by atoms with van der Waals surface area (Å²) in [4.78, 5) is 0. The van der Waals surface area contributed by atoms with Gasteiger partial charge in [-0.05, 0) is 48.4 Å². The molecule has 0 aliphatic heterocycles. The van der Waals surface area contributed by atoms with Crippen molar-refractivity contribution in [2.24, 2.45) is 0 Å². The van der Waals surface area contributed by atoms with Crippen molar-refractivity contribution in [3.05, 3.63) is 59.2 Å². The van der Waals surface area contributed by atoms with Crippen molar-refractivity contribution < 1.29 is 4.74 Å². The van der Waals surface area contributed by atoms with Crippen LogP contribution in [-0.4, -0.2) is 0 Å². The highest BCUT2D eigenvalue weighted by Crippen LogP contribution is 2.21. The third kappa shape index (κ3) is 2.80. The molecule has 0 radical (unpaired) electrons. The molecule has 2 N–H and O–H groups in total. The van der Waals surface area contributed by atoms with Crippen molar-refractivity contribution in [2.45, 2.75) is 13.5 Å². The predicted molar refractivity (Wildman–Crippen MR) is 71.1 cm³/mol. The van der Waals surface area contributed by atoms with E-state index in [0.717, 1.165) is 22.6 Å². The van der Waals surface area contributed by atoms with Gasteiger partial charge < -0.3 is 10.5 Å². The van der Waals surface area contributed by atoms with E-state index in [1.165, 1.54) is 0 Å². The number of nitriles is 1. The molecule has 0 aromatic heterocycles. The molecule has 0 saturated carbocycles. The fourth-order valence-corrected chi connectivity index (χ4v) is 1.73. The lowest BCUT2D eigenvalue weighted by molar-refractivity contribution is 0.304. The van der Waals surface area contributed by atoms with Crippen LogP contribution in [0.4, 0.5) is 5.69 Å². The van der Waals surface area contributed by atoms with Gasteiger partial charge in [-0.25, -0.2) is 0 Å². The Morgan fingerprint density at radius 2 is 2.06 bits per heavy atom. The molecule has 2 aromatic carbocycles. The fourth-order valence-electron chi connectivity index (χ4n) is 1.73. The van der Waals surface area contributed by atoms with E-state index in [4.69, 9.17) is 15.7 Å². The van der Waals surface area contributed by atoms with Gasteiger partial charge in [0, 0.05) is 5.69 Å². The predicted octanol–water partition coefficient (Wildman–Crippen LogP) is 3.03. The molecule has 0 unspecified atom stereocenters. The highest BCUT2D eigenvalue weighted by Gasteiger charge is 2.01. The number of nitrogens with zero attached hydrogens (tertiary/aromatic N) is 1. The van der Waals surface area contributed by atoms with E-state index in [1.807, 2.05) is 43.3 Å². The average Bonchev–Trinajstić information content (AvgIpc) is 2.38. The van der Waals surface area contributed by atoms with E-state index in [2.05, 4.69) is 6.07 Å². The minimum atomic E-state index is 0.445. The Morgan fingerprint density at radius 1 is 1.22 bits per heavy atom. The largest absolute Gasteiger partial charge is 0.489 e. The lowest BCUT2D eigenvalue weighted by Gasteiger charge is -2.09. The van der Waals surface area contributed by atoms with E-state index >= 15 is 0 Å². The van der Waals surface area contributed by atoms with Gasteiger partial charge in [0.05, 0.1) is 11.6 Å². The molecule has 2 aromatic rings. The van der Waals surface area contributed by atoms with Crippen LogP contribution in [-0.2, 0) is 6.61 Å². The SMILES string of the molecule is Cc1cc(N)ccc1OCc1cccc(C#N)c1. The number of aryl methyl sites for hydroxylation is 1. The van der Waals surface area contributed by atoms with Crippen molar-refractivity contribution >= 4 is 5.69 Å². The molecule has 0 atom stereocenters. The summed E-state index contributed by atoms with van der Waals surface area (Å²) in [6.45, 7) is 2.40. The maximum absolute atomic E-state index is 8.82. The molecule has 0 heterocycles. The van der Waals surface area contributed by atoms with Gasteiger partial charge in [0.15, 0.2) is 0 Å². The van der Waals surface area contributed by atoms with Crippen molar-refractivity contribution in [3.63, 3.8) is 0 Å². The van der Waals surface area contributed by atoms with Crippen LogP contribution in [0.25, 0.3) is 0 Å². The number of rotatable bonds is 3. The smallest absolute Gasteiger partial charge is 0.122 e. The summed E-state index contributed by atoms with van der Waals surface area (Å²) in [6, 6.07) is 15.1. The van der Waals surface area contributed by atoms with E-state index in [0.29, 0.717) is 12.2 Å². The Balaban J connectivity index is 2.09. The number of nitrogen functional groups attached to an aromatic ring is 1. The summed E-state index contributed by atoms with van der Waals surface area (Å²) in [7, 11) is 0. The molecular formula is C15H14N2O. The number of hydrogen-bond acceptors (Lipinski definition) is 3. The van der Waals surface area contributed by atoms with E-state index in [-0.39, 0.29) is 0 Å². The number of nitrogens with two attached hydrogens (primary N) is 1. The van der Waals surface area contributed by atoms with Crippen LogP contribution in [0.2, 0.25) is 0 Å².